The van der Waals surface area contributed by atoms with Gasteiger partial charge in [-0.15, -0.1) is 0 Å². The van der Waals surface area contributed by atoms with E-state index in [0.717, 1.165) is 17.1 Å². The number of hydrogen-bond acceptors (Lipinski definition) is 2. The molecule has 0 N–H and O–H groups in total. The van der Waals surface area contributed by atoms with E-state index in [9.17, 15) is 0 Å². The van der Waals surface area contributed by atoms with Crippen LogP contribution in [0.3, 0.4) is 0 Å². The summed E-state index contributed by atoms with van der Waals surface area (Å²) < 4.78 is 2.53. The van der Waals surface area contributed by atoms with E-state index in [1.807, 2.05) is 0 Å². The van der Waals surface area contributed by atoms with E-state index >= 15 is 0 Å². The Bertz CT molecular complexity index is 1920. The van der Waals surface area contributed by atoms with Crippen LogP contribution in [0.15, 0.2) is 109 Å². The van der Waals surface area contributed by atoms with Crippen LogP contribution in [0.2, 0.25) is 0 Å². The topological polar surface area (TPSA) is 11.4 Å². The average molecular weight is 515 g/mol. The number of aromatic nitrogens is 1. The van der Waals surface area contributed by atoms with Gasteiger partial charge >= 0.3 is 0 Å². The van der Waals surface area contributed by atoms with Gasteiger partial charge in [0, 0.05) is 52.1 Å². The molecule has 0 fully saturated rings. The fraction of sp³-hybridized carbons (Fsp3) is 0.111. The highest BCUT2D eigenvalue weighted by Gasteiger charge is 2.41. The minimum atomic E-state index is 0.192. The van der Waals surface area contributed by atoms with Crippen molar-refractivity contribution >= 4 is 62.4 Å². The maximum Gasteiger partial charge on any atom is 0.252 e. The molecule has 2 aliphatic heterocycles. The number of benzene rings is 5. The Morgan fingerprint density at radius 1 is 0.625 bits per heavy atom. The van der Waals surface area contributed by atoms with Crippen molar-refractivity contribution in [3.8, 4) is 5.69 Å². The summed E-state index contributed by atoms with van der Waals surface area (Å²) >= 11 is 0. The summed E-state index contributed by atoms with van der Waals surface area (Å²) in [4.78, 5) is 4.81. The zero-order valence-electron chi connectivity index (χ0n) is 23.3. The van der Waals surface area contributed by atoms with Crippen molar-refractivity contribution in [1.82, 2.24) is 4.57 Å². The summed E-state index contributed by atoms with van der Waals surface area (Å²) in [7, 11) is 2.24. The van der Waals surface area contributed by atoms with E-state index in [0.29, 0.717) is 0 Å². The molecule has 192 valence electrons. The van der Waals surface area contributed by atoms with Gasteiger partial charge in [-0.25, -0.2) is 0 Å². The van der Waals surface area contributed by atoms with Gasteiger partial charge in [0.05, 0.1) is 5.69 Å². The first kappa shape index (κ1) is 23.2. The lowest BCUT2D eigenvalue weighted by Crippen LogP contribution is -2.60. The molecular formula is C36H30BN3. The lowest BCUT2D eigenvalue weighted by atomic mass is 9.33. The molecule has 0 saturated carbocycles. The summed E-state index contributed by atoms with van der Waals surface area (Å²) in [6.45, 7) is 6.98. The number of hydrogen-bond donors (Lipinski definition) is 0. The van der Waals surface area contributed by atoms with Crippen LogP contribution in [0.1, 0.15) is 16.8 Å². The summed E-state index contributed by atoms with van der Waals surface area (Å²) in [6.07, 6.45) is 0. The monoisotopic (exact) mass is 515 g/mol. The van der Waals surface area contributed by atoms with E-state index in [2.05, 4.69) is 151 Å². The van der Waals surface area contributed by atoms with Crippen LogP contribution in [0.4, 0.5) is 28.4 Å². The molecule has 0 radical (unpaired) electrons. The summed E-state index contributed by atoms with van der Waals surface area (Å²) in [5, 5.41) is 1.35. The summed E-state index contributed by atoms with van der Waals surface area (Å²) in [6, 6.07) is 39.9. The molecule has 0 amide bonds. The smallest absolute Gasteiger partial charge is 0.252 e. The maximum atomic E-state index is 2.53. The Balaban J connectivity index is 1.51. The number of anilines is 5. The molecule has 40 heavy (non-hydrogen) atoms. The normalized spacial score (nSPS) is 12.9. The second-order valence-corrected chi connectivity index (χ2v) is 11.2. The minimum absolute atomic E-state index is 0.192. The van der Waals surface area contributed by atoms with E-state index in [-0.39, 0.29) is 6.71 Å². The molecule has 0 atom stereocenters. The molecule has 0 saturated heterocycles. The van der Waals surface area contributed by atoms with Gasteiger partial charge in [-0.1, -0.05) is 72.8 Å². The van der Waals surface area contributed by atoms with Crippen molar-refractivity contribution in [2.24, 2.45) is 0 Å². The molecule has 4 heteroatoms. The molecule has 0 bridgehead atoms. The Labute approximate surface area is 236 Å². The highest BCUT2D eigenvalue weighted by Crippen LogP contribution is 2.42. The van der Waals surface area contributed by atoms with Crippen molar-refractivity contribution in [3.05, 3.63) is 126 Å². The van der Waals surface area contributed by atoms with Crippen LogP contribution in [0.25, 0.3) is 16.6 Å². The largest absolute Gasteiger partial charge is 0.345 e. The number of aryl methyl sites for hydroxylation is 2. The highest BCUT2D eigenvalue weighted by atomic mass is 15.2. The van der Waals surface area contributed by atoms with Crippen molar-refractivity contribution in [2.75, 3.05) is 16.8 Å². The van der Waals surface area contributed by atoms with Crippen molar-refractivity contribution < 1.29 is 0 Å². The SMILES string of the molecule is Cc1cccc2c1N(C)c1cc(N(c3ccccc3)c3ccccc3)cc3c1B2c1cccc2c(C)c(C)n-3c12. The predicted octanol–water partition coefficient (Wildman–Crippen LogP) is 6.94. The summed E-state index contributed by atoms with van der Waals surface area (Å²) in [5.41, 5.74) is 16.8. The van der Waals surface area contributed by atoms with E-state index in [1.54, 1.807) is 0 Å². The molecule has 3 nitrogen and oxygen atoms in total. The first-order valence-corrected chi connectivity index (χ1v) is 14.1. The number of nitrogens with zero attached hydrogens (tertiary/aromatic N) is 3. The van der Waals surface area contributed by atoms with Crippen LogP contribution >= 0.6 is 0 Å². The van der Waals surface area contributed by atoms with Gasteiger partial charge in [0.2, 0.25) is 0 Å². The van der Waals surface area contributed by atoms with Gasteiger partial charge < -0.3 is 14.4 Å². The lowest BCUT2D eigenvalue weighted by molar-refractivity contribution is 1.04. The molecule has 8 rings (SSSR count). The van der Waals surface area contributed by atoms with E-state index in [4.69, 9.17) is 0 Å². The standard InChI is InChI=1S/C36H30BN3/c1-23-13-11-19-30-35(23)38(4)32-21-28(40(26-14-7-5-8-15-26)27-16-9-6-10-17-27)22-33-34(32)37(30)31-20-12-18-29-24(2)25(3)39(33)36(29)31/h5-22H,1-4H3. The molecule has 6 aromatic rings. The molecule has 0 unspecified atom stereocenters. The van der Waals surface area contributed by atoms with Crippen molar-refractivity contribution in [1.29, 1.82) is 0 Å². The van der Waals surface area contributed by atoms with Crippen LogP contribution < -0.4 is 26.2 Å². The van der Waals surface area contributed by atoms with Crippen LogP contribution in [-0.4, -0.2) is 18.3 Å². The molecule has 3 heterocycles. The molecular weight excluding hydrogens is 485 g/mol. The molecule has 1 aromatic heterocycles. The zero-order chi connectivity index (χ0) is 27.1. The Kier molecular flexibility index (Phi) is 4.88. The van der Waals surface area contributed by atoms with Crippen molar-refractivity contribution in [2.45, 2.75) is 20.8 Å². The van der Waals surface area contributed by atoms with Crippen LogP contribution in [-0.2, 0) is 0 Å². The molecule has 0 spiro atoms. The van der Waals surface area contributed by atoms with E-state index < -0.39 is 0 Å². The highest BCUT2D eigenvalue weighted by molar-refractivity contribution is 7.00. The number of para-hydroxylation sites is 4. The molecule has 2 aliphatic rings. The number of fused-ring (bicyclic) bond motifs is 4. The Morgan fingerprint density at radius 2 is 1.25 bits per heavy atom. The van der Waals surface area contributed by atoms with E-state index in [1.165, 1.54) is 61.2 Å². The second-order valence-electron chi connectivity index (χ2n) is 11.2. The zero-order valence-corrected chi connectivity index (χ0v) is 23.3. The first-order valence-electron chi connectivity index (χ1n) is 14.1. The quantitative estimate of drug-likeness (QED) is 0.236. The van der Waals surface area contributed by atoms with Crippen LogP contribution in [0, 0.1) is 20.8 Å². The van der Waals surface area contributed by atoms with Crippen molar-refractivity contribution in [3.63, 3.8) is 0 Å². The van der Waals surface area contributed by atoms with Gasteiger partial charge in [-0.2, -0.15) is 0 Å². The Morgan fingerprint density at radius 3 is 1.95 bits per heavy atom. The number of rotatable bonds is 3. The third-order valence-corrected chi connectivity index (χ3v) is 9.10. The lowest BCUT2D eigenvalue weighted by Gasteiger charge is -2.40. The maximum absolute atomic E-state index is 2.53. The van der Waals surface area contributed by atoms with Crippen LogP contribution in [0.5, 0.6) is 0 Å². The third kappa shape index (κ3) is 3.02. The Hall–Kier alpha value is -4.70. The van der Waals surface area contributed by atoms with Gasteiger partial charge in [0.25, 0.3) is 6.71 Å². The fourth-order valence-electron chi connectivity index (χ4n) is 7.25. The fourth-order valence-corrected chi connectivity index (χ4v) is 7.25. The first-order chi connectivity index (χ1) is 19.5. The van der Waals surface area contributed by atoms with Gasteiger partial charge in [-0.3, -0.25) is 0 Å². The second kappa shape index (κ2) is 8.40. The minimum Gasteiger partial charge on any atom is -0.345 e. The summed E-state index contributed by atoms with van der Waals surface area (Å²) in [5.74, 6) is 0. The molecule has 0 aliphatic carbocycles. The molecule has 5 aromatic carbocycles. The van der Waals surface area contributed by atoms with Gasteiger partial charge in [0.15, 0.2) is 0 Å². The van der Waals surface area contributed by atoms with Gasteiger partial charge in [-0.05, 0) is 84.7 Å². The predicted molar refractivity (Wildman–Crippen MR) is 171 cm³/mol. The van der Waals surface area contributed by atoms with Gasteiger partial charge in [0.1, 0.15) is 0 Å². The third-order valence-electron chi connectivity index (χ3n) is 9.10. The average Bonchev–Trinajstić information content (AvgIpc) is 3.24.